The number of aryl methyl sites for hydroxylation is 1. The molecule has 0 radical (unpaired) electrons. The van der Waals surface area contributed by atoms with Gasteiger partial charge in [0.15, 0.2) is 0 Å². The standard InChI is InChI=1S/C24H30N4O3S/c1-4-27-22-11-6-5-10-21(22)26-23(27)18(3)25-24(29)19-12-14-20(15-13-19)32(30,31)28-16-8-7-9-17(28)2/h5-6,10-15,17-18H,4,7-9,16H2,1-3H3,(H,25,29)/t17-,18-/m1/s1. The average molecular weight is 455 g/mol. The van der Waals surface area contributed by atoms with Crippen LogP contribution in [0, 0.1) is 0 Å². The lowest BCUT2D eigenvalue weighted by Crippen LogP contribution is -2.41. The summed E-state index contributed by atoms with van der Waals surface area (Å²) in [6, 6.07) is 13.8. The Balaban J connectivity index is 1.51. The Morgan fingerprint density at radius 3 is 2.56 bits per heavy atom. The van der Waals surface area contributed by atoms with Gasteiger partial charge in [-0.05, 0) is 70.0 Å². The van der Waals surface area contributed by atoms with Gasteiger partial charge in [0.05, 0.1) is 22.0 Å². The minimum absolute atomic E-state index is 0.00426. The quantitative estimate of drug-likeness (QED) is 0.607. The van der Waals surface area contributed by atoms with Crippen molar-refractivity contribution in [1.29, 1.82) is 0 Å². The number of fused-ring (bicyclic) bond motifs is 1. The van der Waals surface area contributed by atoms with Crippen LogP contribution in [0.1, 0.15) is 62.3 Å². The van der Waals surface area contributed by atoms with E-state index in [1.165, 1.54) is 12.1 Å². The summed E-state index contributed by atoms with van der Waals surface area (Å²) in [6.07, 6.45) is 2.81. The zero-order valence-electron chi connectivity index (χ0n) is 18.8. The van der Waals surface area contributed by atoms with Crippen LogP contribution in [-0.2, 0) is 16.6 Å². The average Bonchev–Trinajstić information content (AvgIpc) is 3.18. The first-order valence-corrected chi connectivity index (χ1v) is 12.6. The highest BCUT2D eigenvalue weighted by Gasteiger charge is 2.31. The number of rotatable bonds is 6. The fraction of sp³-hybridized carbons (Fsp3) is 0.417. The molecule has 0 saturated carbocycles. The summed E-state index contributed by atoms with van der Waals surface area (Å²) in [7, 11) is -3.56. The van der Waals surface area contributed by atoms with Crippen LogP contribution in [0.25, 0.3) is 11.0 Å². The van der Waals surface area contributed by atoms with Crippen LogP contribution >= 0.6 is 0 Å². The maximum absolute atomic E-state index is 13.0. The molecule has 0 unspecified atom stereocenters. The summed E-state index contributed by atoms with van der Waals surface area (Å²) in [5.74, 6) is 0.530. The van der Waals surface area contributed by atoms with Gasteiger partial charge in [0.25, 0.3) is 5.91 Å². The molecule has 1 fully saturated rings. The van der Waals surface area contributed by atoms with Gasteiger partial charge in [-0.25, -0.2) is 13.4 Å². The maximum atomic E-state index is 13.0. The molecule has 2 heterocycles. The van der Waals surface area contributed by atoms with E-state index in [1.807, 2.05) is 38.1 Å². The number of carbonyl (C=O) groups is 1. The van der Waals surface area contributed by atoms with Gasteiger partial charge in [-0.2, -0.15) is 4.31 Å². The van der Waals surface area contributed by atoms with Crippen molar-refractivity contribution in [3.8, 4) is 0 Å². The molecule has 170 valence electrons. The number of amides is 1. The fourth-order valence-corrected chi connectivity index (χ4v) is 6.14. The van der Waals surface area contributed by atoms with Crippen LogP contribution in [0.4, 0.5) is 0 Å². The van der Waals surface area contributed by atoms with E-state index in [0.717, 1.165) is 42.7 Å². The Bertz CT molecular complexity index is 1220. The molecule has 1 N–H and O–H groups in total. The Morgan fingerprint density at radius 1 is 1.16 bits per heavy atom. The SMILES string of the molecule is CCn1c([C@@H](C)NC(=O)c2ccc(S(=O)(=O)N3CCCC[C@H]3C)cc2)nc2ccccc21. The van der Waals surface area contributed by atoms with Crippen molar-refractivity contribution < 1.29 is 13.2 Å². The summed E-state index contributed by atoms with van der Waals surface area (Å²) in [4.78, 5) is 17.8. The number of hydrogen-bond acceptors (Lipinski definition) is 4. The summed E-state index contributed by atoms with van der Waals surface area (Å²) in [5.41, 5.74) is 2.35. The number of sulfonamides is 1. The zero-order chi connectivity index (χ0) is 22.9. The summed E-state index contributed by atoms with van der Waals surface area (Å²) in [5, 5.41) is 2.99. The van der Waals surface area contributed by atoms with Gasteiger partial charge in [-0.3, -0.25) is 4.79 Å². The van der Waals surface area contributed by atoms with Crippen molar-refractivity contribution in [1.82, 2.24) is 19.2 Å². The zero-order valence-corrected chi connectivity index (χ0v) is 19.6. The van der Waals surface area contributed by atoms with Crippen molar-refractivity contribution >= 4 is 27.0 Å². The van der Waals surface area contributed by atoms with E-state index in [-0.39, 0.29) is 22.9 Å². The minimum Gasteiger partial charge on any atom is -0.342 e. The Morgan fingerprint density at radius 2 is 1.88 bits per heavy atom. The van der Waals surface area contributed by atoms with Crippen molar-refractivity contribution in [3.63, 3.8) is 0 Å². The van der Waals surface area contributed by atoms with Crippen LogP contribution in [0.5, 0.6) is 0 Å². The van der Waals surface area contributed by atoms with Crippen molar-refractivity contribution in [2.24, 2.45) is 0 Å². The van der Waals surface area contributed by atoms with Crippen LogP contribution in [-0.4, -0.2) is 40.8 Å². The predicted molar refractivity (Wildman–Crippen MR) is 125 cm³/mol. The predicted octanol–water partition coefficient (Wildman–Crippen LogP) is 4.11. The fourth-order valence-electron chi connectivity index (χ4n) is 4.44. The number of nitrogens with one attached hydrogen (secondary N) is 1. The molecule has 0 aliphatic carbocycles. The number of hydrogen-bond donors (Lipinski definition) is 1. The Kier molecular flexibility index (Phi) is 6.35. The first-order valence-electron chi connectivity index (χ1n) is 11.2. The first-order chi connectivity index (χ1) is 15.3. The Hall–Kier alpha value is -2.71. The molecular weight excluding hydrogens is 424 g/mol. The highest BCUT2D eigenvalue weighted by molar-refractivity contribution is 7.89. The second kappa shape index (κ2) is 9.03. The van der Waals surface area contributed by atoms with Gasteiger partial charge in [0.2, 0.25) is 10.0 Å². The van der Waals surface area contributed by atoms with Crippen LogP contribution in [0.15, 0.2) is 53.4 Å². The van der Waals surface area contributed by atoms with Crippen LogP contribution < -0.4 is 5.32 Å². The molecule has 1 aromatic heterocycles. The van der Waals surface area contributed by atoms with Gasteiger partial charge in [0.1, 0.15) is 5.82 Å². The van der Waals surface area contributed by atoms with E-state index in [0.29, 0.717) is 12.1 Å². The number of benzene rings is 2. The van der Waals surface area contributed by atoms with Gasteiger partial charge in [-0.1, -0.05) is 18.6 Å². The van der Waals surface area contributed by atoms with E-state index >= 15 is 0 Å². The van der Waals surface area contributed by atoms with Gasteiger partial charge >= 0.3 is 0 Å². The lowest BCUT2D eigenvalue weighted by atomic mass is 10.1. The van der Waals surface area contributed by atoms with E-state index < -0.39 is 10.0 Å². The molecule has 0 bridgehead atoms. The molecule has 2 atom stereocenters. The number of imidazole rings is 1. The lowest BCUT2D eigenvalue weighted by molar-refractivity contribution is 0.0937. The highest BCUT2D eigenvalue weighted by atomic mass is 32.2. The van der Waals surface area contributed by atoms with Crippen LogP contribution in [0.2, 0.25) is 0 Å². The summed E-state index contributed by atoms with van der Waals surface area (Å²) in [6.45, 7) is 7.19. The van der Waals surface area contributed by atoms with Gasteiger partial charge in [0, 0.05) is 24.7 Å². The third kappa shape index (κ3) is 4.17. The molecule has 1 saturated heterocycles. The monoisotopic (exact) mass is 454 g/mol. The lowest BCUT2D eigenvalue weighted by Gasteiger charge is -2.32. The minimum atomic E-state index is -3.56. The van der Waals surface area contributed by atoms with E-state index in [1.54, 1.807) is 16.4 Å². The van der Waals surface area contributed by atoms with Gasteiger partial charge < -0.3 is 9.88 Å². The van der Waals surface area contributed by atoms with Gasteiger partial charge in [-0.15, -0.1) is 0 Å². The molecule has 3 aromatic rings. The second-order valence-corrected chi connectivity index (χ2v) is 10.3. The van der Waals surface area contributed by atoms with Crippen molar-refractivity contribution in [3.05, 3.63) is 59.9 Å². The molecule has 0 spiro atoms. The third-order valence-electron chi connectivity index (χ3n) is 6.20. The number of carbonyl (C=O) groups excluding carboxylic acids is 1. The topological polar surface area (TPSA) is 84.3 Å². The Labute approximate surface area is 189 Å². The molecule has 2 aromatic carbocycles. The van der Waals surface area contributed by atoms with E-state index in [9.17, 15) is 13.2 Å². The third-order valence-corrected chi connectivity index (χ3v) is 8.23. The smallest absolute Gasteiger partial charge is 0.251 e. The second-order valence-electron chi connectivity index (χ2n) is 8.38. The molecule has 32 heavy (non-hydrogen) atoms. The number of nitrogens with zero attached hydrogens (tertiary/aromatic N) is 3. The van der Waals surface area contributed by atoms with E-state index in [2.05, 4.69) is 16.8 Å². The molecule has 1 amide bonds. The maximum Gasteiger partial charge on any atom is 0.251 e. The number of piperidine rings is 1. The molecule has 7 nitrogen and oxygen atoms in total. The largest absolute Gasteiger partial charge is 0.342 e. The molecular formula is C24H30N4O3S. The molecule has 4 rings (SSSR count). The van der Waals surface area contributed by atoms with Crippen molar-refractivity contribution in [2.75, 3.05) is 6.54 Å². The first kappa shape index (κ1) is 22.5. The number of para-hydroxylation sites is 2. The van der Waals surface area contributed by atoms with Crippen molar-refractivity contribution in [2.45, 2.75) is 63.6 Å². The molecule has 1 aliphatic rings. The van der Waals surface area contributed by atoms with E-state index in [4.69, 9.17) is 4.98 Å². The summed E-state index contributed by atoms with van der Waals surface area (Å²) >= 11 is 0. The summed E-state index contributed by atoms with van der Waals surface area (Å²) < 4.78 is 29.7. The normalized spacial score (nSPS) is 18.5. The molecule has 8 heteroatoms. The highest BCUT2D eigenvalue weighted by Crippen LogP contribution is 2.26. The van der Waals surface area contributed by atoms with Crippen LogP contribution in [0.3, 0.4) is 0 Å². The molecule has 1 aliphatic heterocycles. The number of aromatic nitrogens is 2.